The lowest BCUT2D eigenvalue weighted by molar-refractivity contribution is 0.0924. The van der Waals surface area contributed by atoms with Gasteiger partial charge in [0.05, 0.1) is 17.3 Å². The van der Waals surface area contributed by atoms with Crippen molar-refractivity contribution < 1.29 is 4.79 Å². The van der Waals surface area contributed by atoms with Crippen molar-refractivity contribution in [2.45, 2.75) is 45.6 Å². The maximum absolute atomic E-state index is 12.8. The summed E-state index contributed by atoms with van der Waals surface area (Å²) in [6, 6.07) is 3.85. The molecule has 0 bridgehead atoms. The van der Waals surface area contributed by atoms with Crippen molar-refractivity contribution in [1.82, 2.24) is 20.5 Å². The summed E-state index contributed by atoms with van der Waals surface area (Å²) in [5, 5.41) is 10.4. The van der Waals surface area contributed by atoms with Crippen molar-refractivity contribution in [3.8, 4) is 0 Å². The molecule has 2 aromatic heterocycles. The second kappa shape index (κ2) is 5.91. The Morgan fingerprint density at radius 2 is 2.18 bits per heavy atom. The summed E-state index contributed by atoms with van der Waals surface area (Å²) in [5.41, 5.74) is 3.51. The predicted octanol–water partition coefficient (Wildman–Crippen LogP) is 3.12. The number of carbonyl (C=O) groups is 1. The number of hydrogen-bond acceptors (Lipinski definition) is 3. The molecule has 0 aromatic carbocycles. The molecule has 2 heterocycles. The molecular formula is C17H22N4O. The van der Waals surface area contributed by atoms with Gasteiger partial charge in [0, 0.05) is 24.0 Å². The summed E-state index contributed by atoms with van der Waals surface area (Å²) >= 11 is 0. The Kier molecular flexibility index (Phi) is 3.96. The van der Waals surface area contributed by atoms with Crippen LogP contribution < -0.4 is 5.32 Å². The monoisotopic (exact) mass is 298 g/mol. The van der Waals surface area contributed by atoms with Crippen molar-refractivity contribution in [2.24, 2.45) is 5.92 Å². The van der Waals surface area contributed by atoms with E-state index in [0.717, 1.165) is 35.4 Å². The number of carbonyl (C=O) groups excluding carboxylic acids is 1. The molecule has 3 rings (SSSR count). The molecule has 1 aliphatic carbocycles. The first-order valence-corrected chi connectivity index (χ1v) is 7.83. The van der Waals surface area contributed by atoms with E-state index in [2.05, 4.69) is 34.3 Å². The van der Waals surface area contributed by atoms with Gasteiger partial charge in [-0.2, -0.15) is 5.10 Å². The van der Waals surface area contributed by atoms with Crippen LogP contribution in [-0.2, 0) is 0 Å². The summed E-state index contributed by atoms with van der Waals surface area (Å²) in [5.74, 6) is 0.682. The normalized spacial score (nSPS) is 15.8. The highest BCUT2D eigenvalue weighted by Gasteiger charge is 2.33. The van der Waals surface area contributed by atoms with Crippen molar-refractivity contribution in [1.29, 1.82) is 0 Å². The lowest BCUT2D eigenvalue weighted by atomic mass is 9.96. The lowest BCUT2D eigenvalue weighted by Gasteiger charge is -2.22. The Balaban J connectivity index is 1.84. The first-order chi connectivity index (χ1) is 10.6. The minimum absolute atomic E-state index is 0.0456. The Hall–Kier alpha value is -2.17. The fourth-order valence-corrected chi connectivity index (χ4v) is 2.80. The first-order valence-electron chi connectivity index (χ1n) is 7.83. The van der Waals surface area contributed by atoms with E-state index in [4.69, 9.17) is 0 Å². The van der Waals surface area contributed by atoms with Gasteiger partial charge >= 0.3 is 0 Å². The van der Waals surface area contributed by atoms with E-state index in [9.17, 15) is 4.79 Å². The van der Waals surface area contributed by atoms with Gasteiger partial charge in [0.2, 0.25) is 0 Å². The Morgan fingerprint density at radius 1 is 1.41 bits per heavy atom. The van der Waals surface area contributed by atoms with E-state index in [1.807, 2.05) is 25.3 Å². The number of H-pyrrole nitrogens is 1. The van der Waals surface area contributed by atoms with E-state index in [1.165, 1.54) is 0 Å². The molecule has 2 N–H and O–H groups in total. The SMILES string of the molecule is Cc1[nH]nc(C2CC2)c1C(=O)N[C@H](c1cccnc1)C(C)C. The van der Waals surface area contributed by atoms with Crippen LogP contribution in [0.1, 0.15) is 66.0 Å². The van der Waals surface area contributed by atoms with Crippen LogP contribution in [0.2, 0.25) is 0 Å². The molecule has 116 valence electrons. The quantitative estimate of drug-likeness (QED) is 0.891. The van der Waals surface area contributed by atoms with E-state index in [0.29, 0.717) is 5.92 Å². The Bertz CT molecular complexity index is 659. The molecule has 22 heavy (non-hydrogen) atoms. The Labute approximate surface area is 130 Å². The van der Waals surface area contributed by atoms with Crippen LogP contribution in [0.4, 0.5) is 0 Å². The third kappa shape index (κ3) is 2.89. The van der Waals surface area contributed by atoms with Crippen LogP contribution >= 0.6 is 0 Å². The first kappa shape index (κ1) is 14.8. The van der Waals surface area contributed by atoms with Gasteiger partial charge in [-0.05, 0) is 37.3 Å². The zero-order valence-corrected chi connectivity index (χ0v) is 13.3. The topological polar surface area (TPSA) is 70.7 Å². The zero-order chi connectivity index (χ0) is 15.7. The zero-order valence-electron chi connectivity index (χ0n) is 13.3. The van der Waals surface area contributed by atoms with Gasteiger partial charge in [0.15, 0.2) is 0 Å². The van der Waals surface area contributed by atoms with E-state index in [-0.39, 0.29) is 17.9 Å². The summed E-state index contributed by atoms with van der Waals surface area (Å²) < 4.78 is 0. The molecule has 5 nitrogen and oxygen atoms in total. The third-order valence-corrected chi connectivity index (χ3v) is 4.16. The molecule has 1 saturated carbocycles. The summed E-state index contributed by atoms with van der Waals surface area (Å²) in [6.45, 7) is 6.10. The number of nitrogens with zero attached hydrogens (tertiary/aromatic N) is 2. The third-order valence-electron chi connectivity index (χ3n) is 4.16. The summed E-state index contributed by atoms with van der Waals surface area (Å²) in [6.07, 6.45) is 5.81. The van der Waals surface area contributed by atoms with E-state index < -0.39 is 0 Å². The molecule has 1 amide bonds. The molecule has 0 aliphatic heterocycles. The second-order valence-corrected chi connectivity index (χ2v) is 6.36. The highest BCUT2D eigenvalue weighted by Crippen LogP contribution is 2.41. The largest absolute Gasteiger partial charge is 0.345 e. The molecule has 2 aromatic rings. The molecule has 1 aliphatic rings. The van der Waals surface area contributed by atoms with Gasteiger partial charge < -0.3 is 5.32 Å². The van der Waals surface area contributed by atoms with Gasteiger partial charge in [-0.3, -0.25) is 14.9 Å². The van der Waals surface area contributed by atoms with Gasteiger partial charge in [-0.25, -0.2) is 0 Å². The van der Waals surface area contributed by atoms with E-state index >= 15 is 0 Å². The standard InChI is InChI=1S/C17H22N4O/c1-10(2)15(13-5-4-8-18-9-13)19-17(22)14-11(3)20-21-16(14)12-6-7-12/h4-5,8-10,12,15H,6-7H2,1-3H3,(H,19,22)(H,20,21)/t15-/m0/s1. The maximum atomic E-state index is 12.8. The smallest absolute Gasteiger partial charge is 0.255 e. The van der Waals surface area contributed by atoms with Gasteiger partial charge in [-0.1, -0.05) is 19.9 Å². The van der Waals surface area contributed by atoms with Crippen LogP contribution in [0.25, 0.3) is 0 Å². The number of amides is 1. The number of rotatable bonds is 5. The van der Waals surface area contributed by atoms with Gasteiger partial charge in [-0.15, -0.1) is 0 Å². The van der Waals surface area contributed by atoms with Crippen molar-refractivity contribution in [3.63, 3.8) is 0 Å². The number of aromatic nitrogens is 3. The molecule has 1 fully saturated rings. The number of hydrogen-bond donors (Lipinski definition) is 2. The summed E-state index contributed by atoms with van der Waals surface area (Å²) in [7, 11) is 0. The highest BCUT2D eigenvalue weighted by molar-refractivity contribution is 5.97. The van der Waals surface area contributed by atoms with Crippen LogP contribution in [0.5, 0.6) is 0 Å². The lowest BCUT2D eigenvalue weighted by Crippen LogP contribution is -2.32. The minimum atomic E-state index is -0.0532. The fourth-order valence-electron chi connectivity index (χ4n) is 2.80. The van der Waals surface area contributed by atoms with Crippen molar-refractivity contribution >= 4 is 5.91 Å². The van der Waals surface area contributed by atoms with E-state index in [1.54, 1.807) is 6.20 Å². The highest BCUT2D eigenvalue weighted by atomic mass is 16.1. The number of nitrogens with one attached hydrogen (secondary N) is 2. The molecule has 1 atom stereocenters. The number of pyridine rings is 1. The van der Waals surface area contributed by atoms with Crippen molar-refractivity contribution in [2.75, 3.05) is 0 Å². The molecule has 0 radical (unpaired) electrons. The number of aromatic amines is 1. The molecule has 0 unspecified atom stereocenters. The number of aryl methyl sites for hydroxylation is 1. The summed E-state index contributed by atoms with van der Waals surface area (Å²) in [4.78, 5) is 16.9. The van der Waals surface area contributed by atoms with Crippen LogP contribution in [0, 0.1) is 12.8 Å². The average molecular weight is 298 g/mol. The van der Waals surface area contributed by atoms with Gasteiger partial charge in [0.25, 0.3) is 5.91 Å². The second-order valence-electron chi connectivity index (χ2n) is 6.36. The molecule has 0 saturated heterocycles. The molecule has 5 heteroatoms. The Morgan fingerprint density at radius 3 is 2.77 bits per heavy atom. The predicted molar refractivity (Wildman–Crippen MR) is 84.6 cm³/mol. The average Bonchev–Trinajstić information content (AvgIpc) is 3.28. The molecular weight excluding hydrogens is 276 g/mol. The fraction of sp³-hybridized carbons (Fsp3) is 0.471. The molecule has 0 spiro atoms. The van der Waals surface area contributed by atoms with Crippen LogP contribution in [0.15, 0.2) is 24.5 Å². The van der Waals surface area contributed by atoms with Gasteiger partial charge in [0.1, 0.15) is 0 Å². The maximum Gasteiger partial charge on any atom is 0.255 e. The van der Waals surface area contributed by atoms with Crippen LogP contribution in [0.3, 0.4) is 0 Å². The van der Waals surface area contributed by atoms with Crippen molar-refractivity contribution in [3.05, 3.63) is 47.0 Å². The van der Waals surface area contributed by atoms with Crippen LogP contribution in [-0.4, -0.2) is 21.1 Å². The minimum Gasteiger partial charge on any atom is -0.345 e.